The van der Waals surface area contributed by atoms with Gasteiger partial charge in [0.2, 0.25) is 0 Å². The average molecular weight is 227 g/mol. The lowest BCUT2D eigenvalue weighted by molar-refractivity contribution is -0.0981. The Balaban J connectivity index is 2.30. The van der Waals surface area contributed by atoms with Crippen molar-refractivity contribution in [1.82, 2.24) is 5.32 Å². The van der Waals surface area contributed by atoms with Crippen LogP contribution in [0.4, 0.5) is 8.78 Å². The van der Waals surface area contributed by atoms with E-state index in [0.717, 1.165) is 0 Å². The lowest BCUT2D eigenvalue weighted by Crippen LogP contribution is -2.47. The summed E-state index contributed by atoms with van der Waals surface area (Å²) in [5.74, 6) is -1.10. The molecule has 0 amide bonds. The Hall–Kier alpha value is -1.00. The summed E-state index contributed by atoms with van der Waals surface area (Å²) in [7, 11) is 0. The third-order valence-corrected chi connectivity index (χ3v) is 2.66. The van der Waals surface area contributed by atoms with E-state index in [0.29, 0.717) is 13.1 Å². The van der Waals surface area contributed by atoms with Gasteiger partial charge in [0, 0.05) is 13.1 Å². The zero-order valence-corrected chi connectivity index (χ0v) is 9.39. The van der Waals surface area contributed by atoms with Gasteiger partial charge in [-0.05, 0) is 26.0 Å². The molecule has 1 heterocycles. The van der Waals surface area contributed by atoms with Crippen molar-refractivity contribution in [1.29, 1.82) is 0 Å². The normalized spacial score (nSPS) is 24.4. The van der Waals surface area contributed by atoms with Crippen molar-refractivity contribution in [2.75, 3.05) is 13.1 Å². The van der Waals surface area contributed by atoms with Gasteiger partial charge in [0.25, 0.3) is 0 Å². The summed E-state index contributed by atoms with van der Waals surface area (Å²) in [4.78, 5) is 0. The quantitative estimate of drug-likeness (QED) is 0.795. The monoisotopic (exact) mass is 227 g/mol. The molecule has 0 saturated carbocycles. The van der Waals surface area contributed by atoms with Gasteiger partial charge in [-0.25, -0.2) is 8.78 Å². The number of benzene rings is 1. The lowest BCUT2D eigenvalue weighted by atomic mass is 10.0. The van der Waals surface area contributed by atoms with E-state index in [1.165, 1.54) is 18.2 Å². The zero-order valence-electron chi connectivity index (χ0n) is 9.39. The van der Waals surface area contributed by atoms with Crippen LogP contribution in [0.2, 0.25) is 0 Å². The number of hydrogen-bond acceptors (Lipinski definition) is 2. The van der Waals surface area contributed by atoms with Crippen LogP contribution in [0.15, 0.2) is 18.2 Å². The lowest BCUT2D eigenvalue weighted by Gasteiger charge is -2.37. The molecule has 1 atom stereocenters. The third-order valence-electron chi connectivity index (χ3n) is 2.66. The molecule has 1 aromatic carbocycles. The molecule has 1 aliphatic rings. The summed E-state index contributed by atoms with van der Waals surface area (Å²) in [5, 5.41) is 3.12. The molecule has 1 N–H and O–H groups in total. The van der Waals surface area contributed by atoms with E-state index in [1.54, 1.807) is 0 Å². The highest BCUT2D eigenvalue weighted by Gasteiger charge is 2.32. The standard InChI is InChI=1S/C12H15F2NO/c1-12(2)7-15-6-10(16-12)11-8(13)4-3-5-9(11)14/h3-5,10,15H,6-7H2,1-2H3. The molecule has 0 bridgehead atoms. The second-order valence-electron chi connectivity index (χ2n) is 4.63. The largest absolute Gasteiger partial charge is 0.365 e. The fourth-order valence-electron chi connectivity index (χ4n) is 1.95. The van der Waals surface area contributed by atoms with Gasteiger partial charge in [0.15, 0.2) is 0 Å². The second-order valence-corrected chi connectivity index (χ2v) is 4.63. The molecule has 0 spiro atoms. The first-order valence-electron chi connectivity index (χ1n) is 5.32. The fraction of sp³-hybridized carbons (Fsp3) is 0.500. The Morgan fingerprint density at radius 1 is 1.31 bits per heavy atom. The van der Waals surface area contributed by atoms with Crippen LogP contribution in [0.25, 0.3) is 0 Å². The fourth-order valence-corrected chi connectivity index (χ4v) is 1.95. The Morgan fingerprint density at radius 3 is 2.50 bits per heavy atom. The van der Waals surface area contributed by atoms with Crippen molar-refractivity contribution in [2.45, 2.75) is 25.6 Å². The Labute approximate surface area is 93.6 Å². The third kappa shape index (κ3) is 2.23. The number of morpholine rings is 1. The van der Waals surface area contributed by atoms with Crippen molar-refractivity contribution >= 4 is 0 Å². The highest BCUT2D eigenvalue weighted by molar-refractivity contribution is 5.23. The molecule has 2 rings (SSSR count). The molecule has 1 saturated heterocycles. The number of hydrogen-bond donors (Lipinski definition) is 1. The van der Waals surface area contributed by atoms with Crippen LogP contribution in [0.1, 0.15) is 25.5 Å². The summed E-state index contributed by atoms with van der Waals surface area (Å²) < 4.78 is 32.8. The molecule has 1 fully saturated rings. The number of ether oxygens (including phenoxy) is 1. The molecule has 88 valence electrons. The van der Waals surface area contributed by atoms with Gasteiger partial charge < -0.3 is 10.1 Å². The minimum atomic E-state index is -0.565. The van der Waals surface area contributed by atoms with E-state index >= 15 is 0 Å². The van der Waals surface area contributed by atoms with E-state index in [1.807, 2.05) is 13.8 Å². The number of halogens is 2. The van der Waals surface area contributed by atoms with Crippen molar-refractivity contribution in [3.8, 4) is 0 Å². The van der Waals surface area contributed by atoms with Crippen molar-refractivity contribution < 1.29 is 13.5 Å². The first-order valence-corrected chi connectivity index (χ1v) is 5.32. The highest BCUT2D eigenvalue weighted by atomic mass is 19.1. The van der Waals surface area contributed by atoms with Gasteiger partial charge in [-0.1, -0.05) is 6.07 Å². The highest BCUT2D eigenvalue weighted by Crippen LogP contribution is 2.30. The van der Waals surface area contributed by atoms with Gasteiger partial charge in [-0.3, -0.25) is 0 Å². The summed E-state index contributed by atoms with van der Waals surface area (Å²) in [6.07, 6.45) is -0.565. The summed E-state index contributed by atoms with van der Waals surface area (Å²) in [6, 6.07) is 3.86. The minimum absolute atomic E-state index is 0.0165. The number of rotatable bonds is 1. The Bertz CT molecular complexity index is 372. The van der Waals surface area contributed by atoms with Crippen LogP contribution < -0.4 is 5.32 Å². The van der Waals surface area contributed by atoms with Gasteiger partial charge in [0.1, 0.15) is 17.7 Å². The van der Waals surface area contributed by atoms with Crippen LogP contribution in [0.5, 0.6) is 0 Å². The summed E-state index contributed by atoms with van der Waals surface area (Å²) in [5.41, 5.74) is -0.389. The van der Waals surface area contributed by atoms with E-state index in [-0.39, 0.29) is 5.56 Å². The van der Waals surface area contributed by atoms with Gasteiger partial charge in [0.05, 0.1) is 11.2 Å². The summed E-state index contributed by atoms with van der Waals surface area (Å²) in [6.45, 7) is 4.90. The molecule has 2 nitrogen and oxygen atoms in total. The van der Waals surface area contributed by atoms with Crippen LogP contribution in [0, 0.1) is 11.6 Å². The average Bonchev–Trinajstić information content (AvgIpc) is 2.15. The molecule has 16 heavy (non-hydrogen) atoms. The molecule has 1 aliphatic heterocycles. The molecule has 4 heteroatoms. The van der Waals surface area contributed by atoms with Crippen LogP contribution in [0.3, 0.4) is 0 Å². The minimum Gasteiger partial charge on any atom is -0.365 e. The summed E-state index contributed by atoms with van der Waals surface area (Å²) >= 11 is 0. The maximum atomic E-state index is 13.5. The van der Waals surface area contributed by atoms with Gasteiger partial charge in [-0.2, -0.15) is 0 Å². The van der Waals surface area contributed by atoms with Crippen molar-refractivity contribution in [3.63, 3.8) is 0 Å². The van der Waals surface area contributed by atoms with E-state index in [2.05, 4.69) is 5.32 Å². The molecule has 0 aromatic heterocycles. The predicted octanol–water partition coefficient (Wildman–Crippen LogP) is 2.40. The Kier molecular flexibility index (Phi) is 2.95. The zero-order chi connectivity index (χ0) is 11.8. The first kappa shape index (κ1) is 11.5. The molecule has 1 unspecified atom stereocenters. The van der Waals surface area contributed by atoms with Crippen LogP contribution in [-0.2, 0) is 4.74 Å². The van der Waals surface area contributed by atoms with E-state index in [4.69, 9.17) is 4.74 Å². The molecular formula is C12H15F2NO. The number of nitrogens with one attached hydrogen (secondary N) is 1. The van der Waals surface area contributed by atoms with Crippen LogP contribution in [-0.4, -0.2) is 18.7 Å². The van der Waals surface area contributed by atoms with Crippen molar-refractivity contribution in [3.05, 3.63) is 35.4 Å². The second kappa shape index (κ2) is 4.11. The molecular weight excluding hydrogens is 212 g/mol. The predicted molar refractivity (Wildman–Crippen MR) is 57.1 cm³/mol. The van der Waals surface area contributed by atoms with E-state index in [9.17, 15) is 8.78 Å². The van der Waals surface area contributed by atoms with Gasteiger partial charge in [-0.15, -0.1) is 0 Å². The Morgan fingerprint density at radius 2 is 1.94 bits per heavy atom. The molecule has 1 aromatic rings. The first-order chi connectivity index (χ1) is 7.49. The van der Waals surface area contributed by atoms with Crippen molar-refractivity contribution in [2.24, 2.45) is 0 Å². The molecule has 0 aliphatic carbocycles. The SMILES string of the molecule is CC1(C)CNCC(c2c(F)cccc2F)O1. The van der Waals surface area contributed by atoms with Crippen LogP contribution >= 0.6 is 0 Å². The van der Waals surface area contributed by atoms with Gasteiger partial charge >= 0.3 is 0 Å². The topological polar surface area (TPSA) is 21.3 Å². The maximum absolute atomic E-state index is 13.5. The smallest absolute Gasteiger partial charge is 0.132 e. The van der Waals surface area contributed by atoms with E-state index < -0.39 is 23.3 Å². The maximum Gasteiger partial charge on any atom is 0.132 e. The molecule has 0 radical (unpaired) electrons.